The van der Waals surface area contributed by atoms with Crippen LogP contribution in [-0.4, -0.2) is 37.0 Å². The van der Waals surface area contributed by atoms with Gasteiger partial charge in [0, 0.05) is 12.1 Å². The Morgan fingerprint density at radius 1 is 1.22 bits per heavy atom. The number of halogens is 1. The SMILES string of the molecule is CCN(CC)CCCNC(=O)C1(c2ccccc2F)CCCC1. The second kappa shape index (κ2) is 8.44. The zero-order valence-corrected chi connectivity index (χ0v) is 14.4. The van der Waals surface area contributed by atoms with E-state index in [1.807, 2.05) is 6.07 Å². The summed E-state index contributed by atoms with van der Waals surface area (Å²) in [5, 5.41) is 3.06. The Kier molecular flexibility index (Phi) is 6.58. The molecule has 2 rings (SSSR count). The lowest BCUT2D eigenvalue weighted by molar-refractivity contribution is -0.126. The van der Waals surface area contributed by atoms with Gasteiger partial charge in [0.1, 0.15) is 5.82 Å². The van der Waals surface area contributed by atoms with Gasteiger partial charge < -0.3 is 10.2 Å². The highest BCUT2D eigenvalue weighted by Gasteiger charge is 2.44. The molecule has 0 aliphatic heterocycles. The van der Waals surface area contributed by atoms with Crippen LogP contribution in [0.2, 0.25) is 0 Å². The molecule has 4 heteroatoms. The summed E-state index contributed by atoms with van der Waals surface area (Å²) in [4.78, 5) is 15.2. The van der Waals surface area contributed by atoms with Crippen LogP contribution in [0, 0.1) is 5.82 Å². The van der Waals surface area contributed by atoms with Crippen LogP contribution in [0.25, 0.3) is 0 Å². The molecule has 0 bridgehead atoms. The van der Waals surface area contributed by atoms with E-state index < -0.39 is 5.41 Å². The van der Waals surface area contributed by atoms with Crippen molar-refractivity contribution in [3.63, 3.8) is 0 Å². The summed E-state index contributed by atoms with van der Waals surface area (Å²) in [6.45, 7) is 8.00. The number of nitrogens with one attached hydrogen (secondary N) is 1. The highest BCUT2D eigenvalue weighted by Crippen LogP contribution is 2.42. The highest BCUT2D eigenvalue weighted by atomic mass is 19.1. The van der Waals surface area contributed by atoms with Gasteiger partial charge in [0.05, 0.1) is 5.41 Å². The molecule has 0 unspecified atom stereocenters. The molecule has 1 fully saturated rings. The van der Waals surface area contributed by atoms with Crippen LogP contribution in [0.3, 0.4) is 0 Å². The fraction of sp³-hybridized carbons (Fsp3) is 0.632. The smallest absolute Gasteiger partial charge is 0.230 e. The number of carbonyl (C=O) groups is 1. The molecule has 0 spiro atoms. The molecule has 23 heavy (non-hydrogen) atoms. The number of hydrogen-bond acceptors (Lipinski definition) is 2. The Bertz CT molecular complexity index is 508. The largest absolute Gasteiger partial charge is 0.355 e. The summed E-state index contributed by atoms with van der Waals surface area (Å²) in [6, 6.07) is 6.74. The van der Waals surface area contributed by atoms with Crippen LogP contribution in [0.15, 0.2) is 24.3 Å². The van der Waals surface area contributed by atoms with E-state index >= 15 is 0 Å². The van der Waals surface area contributed by atoms with Gasteiger partial charge in [0.25, 0.3) is 0 Å². The minimum Gasteiger partial charge on any atom is -0.355 e. The third-order valence-electron chi connectivity index (χ3n) is 5.11. The summed E-state index contributed by atoms with van der Waals surface area (Å²) >= 11 is 0. The van der Waals surface area contributed by atoms with Gasteiger partial charge in [0.2, 0.25) is 5.91 Å². The Morgan fingerprint density at radius 3 is 2.48 bits per heavy atom. The molecular weight excluding hydrogens is 291 g/mol. The van der Waals surface area contributed by atoms with Crippen LogP contribution in [0.4, 0.5) is 4.39 Å². The van der Waals surface area contributed by atoms with E-state index in [1.54, 1.807) is 12.1 Å². The molecule has 1 aromatic rings. The average Bonchev–Trinajstić information content (AvgIpc) is 3.06. The first kappa shape index (κ1) is 17.9. The van der Waals surface area contributed by atoms with Gasteiger partial charge in [-0.3, -0.25) is 4.79 Å². The molecule has 1 amide bonds. The van der Waals surface area contributed by atoms with Gasteiger partial charge in [-0.2, -0.15) is 0 Å². The fourth-order valence-corrected chi connectivity index (χ4v) is 3.66. The van der Waals surface area contributed by atoms with E-state index in [0.29, 0.717) is 12.1 Å². The van der Waals surface area contributed by atoms with Crippen molar-refractivity contribution >= 4 is 5.91 Å². The number of rotatable bonds is 8. The van der Waals surface area contributed by atoms with Crippen LogP contribution < -0.4 is 5.32 Å². The van der Waals surface area contributed by atoms with Crippen molar-refractivity contribution < 1.29 is 9.18 Å². The maximum Gasteiger partial charge on any atom is 0.230 e. The number of nitrogens with zero attached hydrogens (tertiary/aromatic N) is 1. The van der Waals surface area contributed by atoms with Gasteiger partial charge in [-0.1, -0.05) is 44.9 Å². The molecule has 1 N–H and O–H groups in total. The number of hydrogen-bond donors (Lipinski definition) is 1. The van der Waals surface area contributed by atoms with E-state index in [0.717, 1.165) is 51.7 Å². The third-order valence-corrected chi connectivity index (χ3v) is 5.11. The van der Waals surface area contributed by atoms with Crippen molar-refractivity contribution in [3.8, 4) is 0 Å². The zero-order chi connectivity index (χ0) is 16.7. The second-order valence-corrected chi connectivity index (χ2v) is 6.41. The number of benzene rings is 1. The normalized spacial score (nSPS) is 16.7. The molecule has 0 aromatic heterocycles. The van der Waals surface area contributed by atoms with Crippen molar-refractivity contribution in [3.05, 3.63) is 35.6 Å². The summed E-state index contributed by atoms with van der Waals surface area (Å²) in [7, 11) is 0. The Morgan fingerprint density at radius 2 is 1.87 bits per heavy atom. The molecule has 0 saturated heterocycles. The lowest BCUT2D eigenvalue weighted by atomic mass is 9.77. The quantitative estimate of drug-likeness (QED) is 0.744. The highest BCUT2D eigenvalue weighted by molar-refractivity contribution is 5.88. The second-order valence-electron chi connectivity index (χ2n) is 6.41. The number of carbonyl (C=O) groups excluding carboxylic acids is 1. The molecule has 0 atom stereocenters. The maximum atomic E-state index is 14.2. The topological polar surface area (TPSA) is 32.3 Å². The minimum atomic E-state index is -0.666. The van der Waals surface area contributed by atoms with Crippen LogP contribution in [-0.2, 0) is 10.2 Å². The van der Waals surface area contributed by atoms with Gasteiger partial charge in [-0.15, -0.1) is 0 Å². The van der Waals surface area contributed by atoms with Gasteiger partial charge in [-0.05, 0) is 45.0 Å². The van der Waals surface area contributed by atoms with E-state index in [-0.39, 0.29) is 11.7 Å². The first-order chi connectivity index (χ1) is 11.1. The summed E-state index contributed by atoms with van der Waals surface area (Å²) < 4.78 is 14.2. The third kappa shape index (κ3) is 4.11. The van der Waals surface area contributed by atoms with E-state index in [9.17, 15) is 9.18 Å². The van der Waals surface area contributed by atoms with Crippen LogP contribution >= 0.6 is 0 Å². The summed E-state index contributed by atoms with van der Waals surface area (Å²) in [5.41, 5.74) is -0.0978. The monoisotopic (exact) mass is 320 g/mol. The Labute approximate surface area is 139 Å². The molecule has 0 radical (unpaired) electrons. The predicted octanol–water partition coefficient (Wildman–Crippen LogP) is 3.49. The van der Waals surface area contributed by atoms with E-state index in [1.165, 1.54) is 6.07 Å². The van der Waals surface area contributed by atoms with Gasteiger partial charge in [0.15, 0.2) is 0 Å². The fourth-order valence-electron chi connectivity index (χ4n) is 3.66. The van der Waals surface area contributed by atoms with Crippen molar-refractivity contribution in [1.29, 1.82) is 0 Å². The van der Waals surface area contributed by atoms with Gasteiger partial charge in [-0.25, -0.2) is 4.39 Å². The molecule has 1 aliphatic carbocycles. The molecule has 1 aliphatic rings. The zero-order valence-electron chi connectivity index (χ0n) is 14.4. The standard InChI is InChI=1S/C19H29FN2O/c1-3-22(4-2)15-9-14-21-18(23)19(12-7-8-13-19)16-10-5-6-11-17(16)20/h5-6,10-11H,3-4,7-9,12-15H2,1-2H3,(H,21,23). The van der Waals surface area contributed by atoms with E-state index in [4.69, 9.17) is 0 Å². The van der Waals surface area contributed by atoms with E-state index in [2.05, 4.69) is 24.1 Å². The molecule has 3 nitrogen and oxygen atoms in total. The van der Waals surface area contributed by atoms with Crippen LogP contribution in [0.1, 0.15) is 51.5 Å². The first-order valence-electron chi connectivity index (χ1n) is 8.89. The Balaban J connectivity index is 1.99. The molecule has 1 saturated carbocycles. The average molecular weight is 320 g/mol. The lowest BCUT2D eigenvalue weighted by Gasteiger charge is -2.29. The van der Waals surface area contributed by atoms with Crippen molar-refractivity contribution in [2.24, 2.45) is 0 Å². The molecular formula is C19H29FN2O. The molecule has 128 valence electrons. The predicted molar refractivity (Wildman–Crippen MR) is 92.0 cm³/mol. The van der Waals surface area contributed by atoms with Crippen LogP contribution in [0.5, 0.6) is 0 Å². The van der Waals surface area contributed by atoms with Gasteiger partial charge >= 0.3 is 0 Å². The first-order valence-corrected chi connectivity index (χ1v) is 8.89. The lowest BCUT2D eigenvalue weighted by Crippen LogP contribution is -2.44. The summed E-state index contributed by atoms with van der Waals surface area (Å²) in [5.74, 6) is -0.257. The number of amides is 1. The Hall–Kier alpha value is -1.42. The molecule has 0 heterocycles. The molecule has 1 aromatic carbocycles. The van der Waals surface area contributed by atoms with Crippen molar-refractivity contribution in [1.82, 2.24) is 10.2 Å². The maximum absolute atomic E-state index is 14.2. The summed E-state index contributed by atoms with van der Waals surface area (Å²) in [6.07, 6.45) is 4.40. The minimum absolute atomic E-state index is 0.000327. The van der Waals surface area contributed by atoms with Crippen molar-refractivity contribution in [2.75, 3.05) is 26.2 Å². The van der Waals surface area contributed by atoms with Crippen molar-refractivity contribution in [2.45, 2.75) is 51.4 Å².